The summed E-state index contributed by atoms with van der Waals surface area (Å²) in [5, 5.41) is 0. The maximum Gasteiger partial charge on any atom is 0.266 e. The largest absolute Gasteiger partial charge is 0.334 e. The summed E-state index contributed by atoms with van der Waals surface area (Å²) in [7, 11) is -3.87. The second kappa shape index (κ2) is 3.24. The molecule has 0 saturated carbocycles. The van der Waals surface area contributed by atoms with Gasteiger partial charge in [0.1, 0.15) is 5.82 Å². The van der Waals surface area contributed by atoms with Crippen molar-refractivity contribution in [1.29, 1.82) is 0 Å². The Balaban J connectivity index is 2.61. The molecule has 0 atom stereocenters. The van der Waals surface area contributed by atoms with E-state index in [1.54, 1.807) is 23.9 Å². The summed E-state index contributed by atoms with van der Waals surface area (Å²) in [5.41, 5.74) is 0. The summed E-state index contributed by atoms with van der Waals surface area (Å²) in [6, 6.07) is 0. The van der Waals surface area contributed by atoms with Crippen LogP contribution in [-0.4, -0.2) is 28.3 Å². The van der Waals surface area contributed by atoms with E-state index >= 15 is 0 Å². The molecule has 1 heterocycles. The van der Waals surface area contributed by atoms with Crippen molar-refractivity contribution in [3.8, 4) is 0 Å². The number of hydrogen-bond donors (Lipinski definition) is 1. The predicted molar refractivity (Wildman–Crippen MR) is 43.4 cm³/mol. The highest BCUT2D eigenvalue weighted by molar-refractivity contribution is 7.85. The molecule has 0 spiro atoms. The Morgan fingerprint density at radius 3 is 2.75 bits per heavy atom. The fourth-order valence-corrected chi connectivity index (χ4v) is 1.28. The van der Waals surface area contributed by atoms with Crippen LogP contribution in [0.15, 0.2) is 12.4 Å². The summed E-state index contributed by atoms with van der Waals surface area (Å²) in [4.78, 5) is 3.90. The molecule has 0 aliphatic heterocycles. The van der Waals surface area contributed by atoms with E-state index in [9.17, 15) is 8.42 Å². The zero-order valence-corrected chi connectivity index (χ0v) is 7.45. The van der Waals surface area contributed by atoms with Crippen molar-refractivity contribution in [2.24, 2.45) is 0 Å². The van der Waals surface area contributed by atoms with E-state index in [4.69, 9.17) is 4.55 Å². The predicted octanol–water partition coefficient (Wildman–Crippen LogP) is 0.0793. The van der Waals surface area contributed by atoms with E-state index < -0.39 is 10.1 Å². The van der Waals surface area contributed by atoms with Gasteiger partial charge >= 0.3 is 0 Å². The molecule has 5 nitrogen and oxygen atoms in total. The first-order valence-corrected chi connectivity index (χ1v) is 5.03. The van der Waals surface area contributed by atoms with Gasteiger partial charge in [-0.05, 0) is 6.92 Å². The lowest BCUT2D eigenvalue weighted by atomic mass is 10.6. The molecule has 12 heavy (non-hydrogen) atoms. The van der Waals surface area contributed by atoms with Crippen molar-refractivity contribution >= 4 is 10.1 Å². The smallest absolute Gasteiger partial charge is 0.266 e. The van der Waals surface area contributed by atoms with Crippen LogP contribution in [0.1, 0.15) is 5.82 Å². The van der Waals surface area contributed by atoms with E-state index in [1.165, 1.54) is 0 Å². The molecule has 0 radical (unpaired) electrons. The minimum atomic E-state index is -3.87. The Morgan fingerprint density at radius 1 is 1.67 bits per heavy atom. The molecular weight excluding hydrogens is 180 g/mol. The minimum absolute atomic E-state index is 0.241. The third kappa shape index (κ3) is 2.63. The molecule has 0 aromatic carbocycles. The van der Waals surface area contributed by atoms with Gasteiger partial charge in [-0.3, -0.25) is 4.55 Å². The Bertz CT molecular complexity index is 355. The minimum Gasteiger partial charge on any atom is -0.334 e. The Kier molecular flexibility index (Phi) is 2.49. The Labute approximate surface area is 70.8 Å². The summed E-state index contributed by atoms with van der Waals surface area (Å²) in [6.45, 7) is 2.01. The highest BCUT2D eigenvalue weighted by atomic mass is 32.2. The number of imidazole rings is 1. The highest BCUT2D eigenvalue weighted by Crippen LogP contribution is 1.95. The van der Waals surface area contributed by atoms with Crippen LogP contribution in [-0.2, 0) is 16.7 Å². The van der Waals surface area contributed by atoms with Crippen molar-refractivity contribution in [2.75, 3.05) is 5.75 Å². The standard InChI is InChI=1S/C6H10N2O3S/c1-6-7-2-3-8(6)4-5-12(9,10)11/h2-3H,4-5H2,1H3,(H,9,10,11). The van der Waals surface area contributed by atoms with Crippen LogP contribution < -0.4 is 0 Å². The molecular formula is C6H10N2O3S. The van der Waals surface area contributed by atoms with Gasteiger partial charge in [-0.2, -0.15) is 8.42 Å². The lowest BCUT2D eigenvalue weighted by Crippen LogP contribution is -2.11. The van der Waals surface area contributed by atoms with Crippen molar-refractivity contribution in [3.05, 3.63) is 18.2 Å². The van der Waals surface area contributed by atoms with Gasteiger partial charge in [0.15, 0.2) is 0 Å². The maximum absolute atomic E-state index is 10.4. The van der Waals surface area contributed by atoms with E-state index in [0.717, 1.165) is 5.82 Å². The number of aryl methyl sites for hydroxylation is 2. The summed E-state index contributed by atoms with van der Waals surface area (Å²) < 4.78 is 30.8. The lowest BCUT2D eigenvalue weighted by Gasteiger charge is -2.01. The Morgan fingerprint density at radius 2 is 2.33 bits per heavy atom. The van der Waals surface area contributed by atoms with Crippen LogP contribution in [0.25, 0.3) is 0 Å². The van der Waals surface area contributed by atoms with E-state index in [1.807, 2.05) is 0 Å². The normalized spacial score (nSPS) is 11.8. The summed E-state index contributed by atoms with van der Waals surface area (Å²) in [5.74, 6) is 0.461. The van der Waals surface area contributed by atoms with Crippen LogP contribution in [0.3, 0.4) is 0 Å². The first-order valence-electron chi connectivity index (χ1n) is 3.42. The van der Waals surface area contributed by atoms with E-state index in [0.29, 0.717) is 0 Å². The van der Waals surface area contributed by atoms with Gasteiger partial charge in [-0.1, -0.05) is 0 Å². The SMILES string of the molecule is Cc1nccn1CCS(=O)(=O)O. The molecule has 6 heteroatoms. The van der Waals surface area contributed by atoms with Crippen molar-refractivity contribution in [1.82, 2.24) is 9.55 Å². The third-order valence-corrected chi connectivity index (χ3v) is 2.21. The van der Waals surface area contributed by atoms with Gasteiger partial charge in [0.25, 0.3) is 10.1 Å². The van der Waals surface area contributed by atoms with Crippen molar-refractivity contribution in [2.45, 2.75) is 13.5 Å². The number of rotatable bonds is 3. The molecule has 0 saturated heterocycles. The second-order valence-corrected chi connectivity index (χ2v) is 4.03. The number of nitrogens with zero attached hydrogens (tertiary/aromatic N) is 2. The molecule has 0 aliphatic rings. The monoisotopic (exact) mass is 190 g/mol. The molecule has 0 bridgehead atoms. The summed E-state index contributed by atoms with van der Waals surface area (Å²) in [6.07, 6.45) is 3.25. The van der Waals surface area contributed by atoms with Crippen molar-refractivity contribution < 1.29 is 13.0 Å². The topological polar surface area (TPSA) is 72.2 Å². The third-order valence-electron chi connectivity index (χ3n) is 1.51. The zero-order chi connectivity index (χ0) is 9.19. The van der Waals surface area contributed by atoms with Gasteiger partial charge in [0, 0.05) is 18.9 Å². The van der Waals surface area contributed by atoms with Crippen LogP contribution >= 0.6 is 0 Å². The Hall–Kier alpha value is -0.880. The van der Waals surface area contributed by atoms with E-state index in [2.05, 4.69) is 4.98 Å². The fraction of sp³-hybridized carbons (Fsp3) is 0.500. The molecule has 0 amide bonds. The van der Waals surface area contributed by atoms with Gasteiger partial charge < -0.3 is 4.57 Å². The molecule has 1 rings (SSSR count). The lowest BCUT2D eigenvalue weighted by molar-refractivity contribution is 0.478. The van der Waals surface area contributed by atoms with E-state index in [-0.39, 0.29) is 12.3 Å². The molecule has 1 aromatic rings. The molecule has 68 valence electrons. The maximum atomic E-state index is 10.4. The molecule has 0 unspecified atom stereocenters. The first kappa shape index (κ1) is 9.21. The highest BCUT2D eigenvalue weighted by Gasteiger charge is 2.05. The molecule has 0 fully saturated rings. The average Bonchev–Trinajstić information content (AvgIpc) is 2.29. The van der Waals surface area contributed by atoms with Crippen molar-refractivity contribution in [3.63, 3.8) is 0 Å². The van der Waals surface area contributed by atoms with Gasteiger partial charge in [0.2, 0.25) is 0 Å². The average molecular weight is 190 g/mol. The fourth-order valence-electron chi connectivity index (χ4n) is 0.854. The quantitative estimate of drug-likeness (QED) is 0.685. The first-order chi connectivity index (χ1) is 5.49. The van der Waals surface area contributed by atoms with Crippen LogP contribution in [0.2, 0.25) is 0 Å². The van der Waals surface area contributed by atoms with Gasteiger partial charge in [-0.25, -0.2) is 4.98 Å². The number of aromatic nitrogens is 2. The molecule has 1 aromatic heterocycles. The van der Waals surface area contributed by atoms with Crippen LogP contribution in [0.5, 0.6) is 0 Å². The number of hydrogen-bond acceptors (Lipinski definition) is 3. The summed E-state index contributed by atoms with van der Waals surface area (Å²) >= 11 is 0. The zero-order valence-electron chi connectivity index (χ0n) is 6.64. The molecule has 0 aliphatic carbocycles. The van der Waals surface area contributed by atoms with Crippen LogP contribution in [0.4, 0.5) is 0 Å². The van der Waals surface area contributed by atoms with Gasteiger partial charge in [-0.15, -0.1) is 0 Å². The van der Waals surface area contributed by atoms with Gasteiger partial charge in [0.05, 0.1) is 5.75 Å². The molecule has 1 N–H and O–H groups in total. The van der Waals surface area contributed by atoms with Crippen LogP contribution in [0, 0.1) is 6.92 Å². The second-order valence-electron chi connectivity index (χ2n) is 2.45.